The second-order valence-electron chi connectivity index (χ2n) is 7.37. The maximum absolute atomic E-state index is 6.18. The molecule has 0 bridgehead atoms. The Bertz CT molecular complexity index is 798. The first-order chi connectivity index (χ1) is 11.8. The van der Waals surface area contributed by atoms with E-state index in [-0.39, 0.29) is 18.3 Å². The van der Waals surface area contributed by atoms with E-state index in [1.54, 1.807) is 7.11 Å². The smallest absolute Gasteiger partial charge is 0.491 e. The lowest BCUT2D eigenvalue weighted by molar-refractivity contribution is 0.00578. The summed E-state index contributed by atoms with van der Waals surface area (Å²) in [6.45, 7) is 8.25. The van der Waals surface area contributed by atoms with E-state index in [9.17, 15) is 0 Å². The topological polar surface area (TPSA) is 27.7 Å². The highest BCUT2D eigenvalue weighted by Crippen LogP contribution is 2.39. The SMILES string of the molecule is COc1ccc(C=C(CS)B2OC(C)(C)C(C)(C)O2)c2ccccc12. The van der Waals surface area contributed by atoms with Gasteiger partial charge in [0.2, 0.25) is 0 Å². The predicted octanol–water partition coefficient (Wildman–Crippen LogP) is 4.79. The van der Waals surface area contributed by atoms with Crippen LogP contribution in [0.4, 0.5) is 0 Å². The maximum Gasteiger partial charge on any atom is 0.491 e. The number of hydrogen-bond acceptors (Lipinski definition) is 4. The second-order valence-corrected chi connectivity index (χ2v) is 7.68. The summed E-state index contributed by atoms with van der Waals surface area (Å²) < 4.78 is 17.8. The maximum atomic E-state index is 6.18. The average molecular weight is 356 g/mol. The van der Waals surface area contributed by atoms with Crippen molar-refractivity contribution in [1.29, 1.82) is 0 Å². The van der Waals surface area contributed by atoms with Crippen LogP contribution >= 0.6 is 12.6 Å². The highest BCUT2D eigenvalue weighted by Gasteiger charge is 2.52. The Morgan fingerprint density at radius 3 is 2.20 bits per heavy atom. The van der Waals surface area contributed by atoms with E-state index in [4.69, 9.17) is 14.0 Å². The van der Waals surface area contributed by atoms with Gasteiger partial charge in [0.25, 0.3) is 0 Å². The zero-order valence-electron chi connectivity index (χ0n) is 15.5. The van der Waals surface area contributed by atoms with Gasteiger partial charge in [0, 0.05) is 11.1 Å². The molecule has 3 nitrogen and oxygen atoms in total. The minimum absolute atomic E-state index is 0.359. The number of hydrogen-bond donors (Lipinski definition) is 1. The molecule has 1 heterocycles. The van der Waals surface area contributed by atoms with E-state index < -0.39 is 0 Å². The van der Waals surface area contributed by atoms with Crippen molar-refractivity contribution in [2.75, 3.05) is 12.9 Å². The molecule has 0 amide bonds. The zero-order chi connectivity index (χ0) is 18.2. The highest BCUT2D eigenvalue weighted by atomic mass is 32.1. The van der Waals surface area contributed by atoms with Crippen molar-refractivity contribution in [1.82, 2.24) is 0 Å². The highest BCUT2D eigenvalue weighted by molar-refractivity contribution is 7.80. The molecule has 5 heteroatoms. The summed E-state index contributed by atoms with van der Waals surface area (Å²) in [4.78, 5) is 0. The fourth-order valence-electron chi connectivity index (χ4n) is 2.98. The van der Waals surface area contributed by atoms with Crippen molar-refractivity contribution in [3.63, 3.8) is 0 Å². The van der Waals surface area contributed by atoms with Gasteiger partial charge in [-0.15, -0.1) is 0 Å². The summed E-state index contributed by atoms with van der Waals surface area (Å²) in [6, 6.07) is 12.3. The third-order valence-electron chi connectivity index (χ3n) is 5.22. The van der Waals surface area contributed by atoms with Crippen LogP contribution in [0.2, 0.25) is 0 Å². The van der Waals surface area contributed by atoms with Gasteiger partial charge in [-0.25, -0.2) is 0 Å². The number of methoxy groups -OCH3 is 1. The normalized spacial score (nSPS) is 19.4. The molecule has 1 saturated heterocycles. The van der Waals surface area contributed by atoms with Crippen molar-refractivity contribution in [3.8, 4) is 5.75 Å². The lowest BCUT2D eigenvalue weighted by Crippen LogP contribution is -2.41. The van der Waals surface area contributed by atoms with Gasteiger partial charge in [-0.2, -0.15) is 12.6 Å². The minimum Gasteiger partial charge on any atom is -0.496 e. The molecule has 0 aromatic heterocycles. The lowest BCUT2D eigenvalue weighted by Gasteiger charge is -2.32. The summed E-state index contributed by atoms with van der Waals surface area (Å²) in [7, 11) is 1.31. The predicted molar refractivity (Wildman–Crippen MR) is 108 cm³/mol. The Kier molecular flexibility index (Phi) is 4.93. The Labute approximate surface area is 155 Å². The molecule has 0 spiro atoms. The largest absolute Gasteiger partial charge is 0.496 e. The number of thiol groups is 1. The van der Waals surface area contributed by atoms with Gasteiger partial charge in [0.1, 0.15) is 5.75 Å². The van der Waals surface area contributed by atoms with Gasteiger partial charge >= 0.3 is 7.12 Å². The summed E-state index contributed by atoms with van der Waals surface area (Å²) >= 11 is 4.51. The molecule has 1 aliphatic rings. The molecule has 1 aliphatic heterocycles. The molecule has 1 fully saturated rings. The minimum atomic E-state index is -0.386. The summed E-state index contributed by atoms with van der Waals surface area (Å²) in [5.41, 5.74) is 1.40. The van der Waals surface area contributed by atoms with Gasteiger partial charge in [-0.1, -0.05) is 36.4 Å². The molecule has 0 radical (unpaired) electrons. The summed E-state index contributed by atoms with van der Waals surface area (Å²) in [5, 5.41) is 2.23. The van der Waals surface area contributed by atoms with Gasteiger partial charge in [0.05, 0.1) is 18.3 Å². The number of benzene rings is 2. The standard InChI is InChI=1S/C20H25BO3S/c1-19(2)20(3,4)24-21(23-19)15(13-25)12-14-10-11-18(22-5)17-9-7-6-8-16(14)17/h6-12,25H,13H2,1-5H3. The van der Waals surface area contributed by atoms with E-state index in [0.29, 0.717) is 5.75 Å². The van der Waals surface area contributed by atoms with Crippen molar-refractivity contribution in [2.45, 2.75) is 38.9 Å². The Hall–Kier alpha value is -1.43. The molecular formula is C20H25BO3S. The Balaban J connectivity index is 2.03. The van der Waals surface area contributed by atoms with E-state index in [1.165, 1.54) is 0 Å². The van der Waals surface area contributed by atoms with E-state index in [2.05, 4.69) is 64.6 Å². The van der Waals surface area contributed by atoms with Gasteiger partial charge in [-0.3, -0.25) is 0 Å². The molecule has 2 aromatic rings. The fourth-order valence-corrected chi connectivity index (χ4v) is 3.22. The van der Waals surface area contributed by atoms with Crippen LogP contribution in [-0.4, -0.2) is 31.2 Å². The quantitative estimate of drug-likeness (QED) is 0.630. The van der Waals surface area contributed by atoms with Crippen LogP contribution in [0.1, 0.15) is 33.3 Å². The van der Waals surface area contributed by atoms with Crippen molar-refractivity contribution >= 4 is 36.6 Å². The van der Waals surface area contributed by atoms with Crippen LogP contribution in [0.5, 0.6) is 5.75 Å². The van der Waals surface area contributed by atoms with Gasteiger partial charge in [0.15, 0.2) is 0 Å². The fraction of sp³-hybridized carbons (Fsp3) is 0.400. The van der Waals surface area contributed by atoms with Crippen LogP contribution < -0.4 is 4.74 Å². The molecule has 0 saturated carbocycles. The number of rotatable bonds is 4. The number of ether oxygens (including phenoxy) is 1. The van der Waals surface area contributed by atoms with E-state index in [1.807, 2.05) is 18.2 Å². The molecule has 0 N–H and O–H groups in total. The molecular weight excluding hydrogens is 331 g/mol. The third kappa shape index (κ3) is 3.33. The zero-order valence-corrected chi connectivity index (χ0v) is 16.4. The van der Waals surface area contributed by atoms with Crippen molar-refractivity contribution < 1.29 is 14.0 Å². The molecule has 25 heavy (non-hydrogen) atoms. The summed E-state index contributed by atoms with van der Waals surface area (Å²) in [5.74, 6) is 1.44. The van der Waals surface area contributed by atoms with Crippen molar-refractivity contribution in [2.24, 2.45) is 0 Å². The van der Waals surface area contributed by atoms with Crippen LogP contribution in [0.3, 0.4) is 0 Å². The first-order valence-electron chi connectivity index (χ1n) is 8.52. The Morgan fingerprint density at radius 1 is 1.04 bits per heavy atom. The molecule has 0 aliphatic carbocycles. The van der Waals surface area contributed by atoms with Crippen LogP contribution in [0, 0.1) is 0 Å². The van der Waals surface area contributed by atoms with E-state index in [0.717, 1.165) is 27.6 Å². The molecule has 2 aromatic carbocycles. The van der Waals surface area contributed by atoms with Crippen LogP contribution in [0.25, 0.3) is 16.8 Å². The second kappa shape index (κ2) is 6.71. The summed E-state index contributed by atoms with van der Waals surface area (Å²) in [6.07, 6.45) is 2.12. The lowest BCUT2D eigenvalue weighted by atomic mass is 9.78. The van der Waals surface area contributed by atoms with E-state index >= 15 is 0 Å². The number of fused-ring (bicyclic) bond motifs is 1. The molecule has 0 unspecified atom stereocenters. The van der Waals surface area contributed by atoms with Gasteiger partial charge < -0.3 is 14.0 Å². The van der Waals surface area contributed by atoms with Crippen LogP contribution in [-0.2, 0) is 9.31 Å². The third-order valence-corrected chi connectivity index (χ3v) is 5.58. The first kappa shape index (κ1) is 18.4. The van der Waals surface area contributed by atoms with Gasteiger partial charge in [-0.05, 0) is 50.2 Å². The molecule has 3 rings (SSSR count). The molecule has 0 atom stereocenters. The monoisotopic (exact) mass is 356 g/mol. The first-order valence-corrected chi connectivity index (χ1v) is 9.15. The van der Waals surface area contributed by atoms with Crippen molar-refractivity contribution in [3.05, 3.63) is 47.4 Å². The molecule has 132 valence electrons. The van der Waals surface area contributed by atoms with Crippen LogP contribution in [0.15, 0.2) is 41.9 Å². The Morgan fingerprint density at radius 2 is 1.64 bits per heavy atom. The average Bonchev–Trinajstić information content (AvgIpc) is 2.80.